The zero-order valence-corrected chi connectivity index (χ0v) is 11.5. The van der Waals surface area contributed by atoms with E-state index in [1.54, 1.807) is 0 Å². The van der Waals surface area contributed by atoms with Crippen LogP contribution in [0.25, 0.3) is 0 Å². The van der Waals surface area contributed by atoms with Crippen molar-refractivity contribution >= 4 is 12.2 Å². The van der Waals surface area contributed by atoms with Gasteiger partial charge >= 0.3 is 0 Å². The Morgan fingerprint density at radius 1 is 1.29 bits per heavy atom. The smallest absolute Gasteiger partial charge is 0.295 e. The van der Waals surface area contributed by atoms with Gasteiger partial charge in [-0.05, 0) is 17.8 Å². The van der Waals surface area contributed by atoms with Gasteiger partial charge in [0, 0.05) is 0 Å². The zero-order valence-electron chi connectivity index (χ0n) is 10.7. The minimum absolute atomic E-state index is 0.0361. The van der Waals surface area contributed by atoms with E-state index in [-0.39, 0.29) is 22.0 Å². The van der Waals surface area contributed by atoms with Crippen LogP contribution in [0.15, 0.2) is 46.6 Å². The molecule has 0 saturated heterocycles. The maximum absolute atomic E-state index is 12.0. The van der Waals surface area contributed by atoms with Crippen molar-refractivity contribution in [2.45, 2.75) is 5.92 Å². The summed E-state index contributed by atoms with van der Waals surface area (Å²) >= 11 is 5.00. The van der Waals surface area contributed by atoms with Gasteiger partial charge in [-0.3, -0.25) is 9.78 Å². The van der Waals surface area contributed by atoms with Crippen molar-refractivity contribution in [2.75, 3.05) is 0 Å². The number of hydrogen-bond acceptors (Lipinski definition) is 5. The first-order valence-corrected chi connectivity index (χ1v) is 6.51. The number of hydrogen-bond donors (Lipinski definition) is 3. The summed E-state index contributed by atoms with van der Waals surface area (Å²) in [6.45, 7) is 0. The molecular formula is C14H10N4O2S. The lowest BCUT2D eigenvalue weighted by atomic mass is 9.87. The molecule has 1 aliphatic rings. The predicted molar refractivity (Wildman–Crippen MR) is 78.0 cm³/mol. The number of ether oxygens (including phenoxy) is 1. The number of rotatable bonds is 1. The number of benzene rings is 1. The van der Waals surface area contributed by atoms with Gasteiger partial charge in [0.15, 0.2) is 4.77 Å². The molecule has 0 aliphatic carbocycles. The van der Waals surface area contributed by atoms with Gasteiger partial charge < -0.3 is 15.5 Å². The Morgan fingerprint density at radius 3 is 2.67 bits per heavy atom. The van der Waals surface area contributed by atoms with Crippen LogP contribution in [0.1, 0.15) is 17.2 Å². The van der Waals surface area contributed by atoms with Gasteiger partial charge in [0.1, 0.15) is 11.6 Å². The molecule has 1 aliphatic heterocycles. The van der Waals surface area contributed by atoms with Gasteiger partial charge in [-0.2, -0.15) is 5.26 Å². The molecular weight excluding hydrogens is 288 g/mol. The van der Waals surface area contributed by atoms with Crippen LogP contribution >= 0.6 is 12.2 Å². The summed E-state index contributed by atoms with van der Waals surface area (Å²) in [5.74, 6) is -0.548. The van der Waals surface area contributed by atoms with Crippen LogP contribution in [0.4, 0.5) is 0 Å². The Balaban J connectivity index is 2.34. The monoisotopic (exact) mass is 298 g/mol. The topological polar surface area (TPSA) is 108 Å². The highest BCUT2D eigenvalue weighted by Crippen LogP contribution is 2.38. The third-order valence-electron chi connectivity index (χ3n) is 3.23. The summed E-state index contributed by atoms with van der Waals surface area (Å²) in [6, 6.07) is 11.3. The second kappa shape index (κ2) is 4.92. The standard InChI is InChI=1S/C14H10N4O2S/c15-6-8-9(7-4-2-1-3-5-7)10-11(20-12(8)16)13(19)18-14(21)17-10/h1-5,9H,16H2,(H2,17,18,19,21)/t9-/m0/s1. The zero-order chi connectivity index (χ0) is 15.0. The van der Waals surface area contributed by atoms with Crippen molar-refractivity contribution in [3.05, 3.63) is 68.2 Å². The van der Waals surface area contributed by atoms with E-state index in [9.17, 15) is 10.1 Å². The molecule has 21 heavy (non-hydrogen) atoms. The van der Waals surface area contributed by atoms with Gasteiger partial charge in [-0.25, -0.2) is 0 Å². The average Bonchev–Trinajstić information content (AvgIpc) is 2.48. The largest absolute Gasteiger partial charge is 0.433 e. The second-order valence-corrected chi connectivity index (χ2v) is 4.89. The lowest BCUT2D eigenvalue weighted by molar-refractivity contribution is 0.382. The molecule has 0 radical (unpaired) electrons. The van der Waals surface area contributed by atoms with Crippen LogP contribution in [0.3, 0.4) is 0 Å². The third-order valence-corrected chi connectivity index (χ3v) is 3.44. The molecule has 7 heteroatoms. The summed E-state index contributed by atoms with van der Waals surface area (Å²) in [6.07, 6.45) is 0. The number of nitrogens with two attached hydrogens (primary N) is 1. The number of nitrogens with one attached hydrogen (secondary N) is 2. The van der Waals surface area contributed by atoms with Crippen LogP contribution in [-0.2, 0) is 0 Å². The Kier molecular flexibility index (Phi) is 3.08. The molecule has 1 atom stereocenters. The Bertz CT molecular complexity index is 890. The van der Waals surface area contributed by atoms with Crippen molar-refractivity contribution < 1.29 is 4.74 Å². The number of nitriles is 1. The molecule has 0 bridgehead atoms. The highest BCUT2D eigenvalue weighted by molar-refractivity contribution is 7.71. The normalized spacial score (nSPS) is 16.8. The van der Waals surface area contributed by atoms with Crippen molar-refractivity contribution in [3.63, 3.8) is 0 Å². The van der Waals surface area contributed by atoms with Crippen LogP contribution in [0, 0.1) is 16.1 Å². The molecule has 0 saturated carbocycles. The summed E-state index contributed by atoms with van der Waals surface area (Å²) in [7, 11) is 0. The van der Waals surface area contributed by atoms with Gasteiger partial charge in [-0.15, -0.1) is 0 Å². The SMILES string of the molecule is N#CC1=C(N)Oc2c([nH]c(=S)[nH]c2=O)[C@H]1c1ccccc1. The van der Waals surface area contributed by atoms with Crippen molar-refractivity contribution in [1.82, 2.24) is 9.97 Å². The fourth-order valence-corrected chi connectivity index (χ4v) is 2.55. The van der Waals surface area contributed by atoms with E-state index in [1.165, 1.54) is 0 Å². The molecule has 6 nitrogen and oxygen atoms in total. The first kappa shape index (κ1) is 13.1. The lowest BCUT2D eigenvalue weighted by Crippen LogP contribution is -2.27. The number of aromatic amines is 2. The van der Waals surface area contributed by atoms with Crippen LogP contribution in [0.5, 0.6) is 5.75 Å². The summed E-state index contributed by atoms with van der Waals surface area (Å²) in [5, 5.41) is 9.36. The lowest BCUT2D eigenvalue weighted by Gasteiger charge is -2.25. The highest BCUT2D eigenvalue weighted by atomic mass is 32.1. The molecule has 0 amide bonds. The number of fused-ring (bicyclic) bond motifs is 1. The number of allylic oxidation sites excluding steroid dienone is 1. The average molecular weight is 298 g/mol. The third kappa shape index (κ3) is 2.11. The molecule has 2 heterocycles. The summed E-state index contributed by atoms with van der Waals surface area (Å²) in [4.78, 5) is 17.3. The Labute approximate surface area is 124 Å². The second-order valence-electron chi connectivity index (χ2n) is 4.49. The number of aromatic nitrogens is 2. The van der Waals surface area contributed by atoms with E-state index < -0.39 is 11.5 Å². The van der Waals surface area contributed by atoms with Crippen LogP contribution in [0.2, 0.25) is 0 Å². The van der Waals surface area contributed by atoms with Gasteiger partial charge in [-0.1, -0.05) is 30.3 Å². The van der Waals surface area contributed by atoms with E-state index in [1.807, 2.05) is 36.4 Å². The van der Waals surface area contributed by atoms with Crippen molar-refractivity contribution in [3.8, 4) is 11.8 Å². The van der Waals surface area contributed by atoms with E-state index in [2.05, 4.69) is 9.97 Å². The molecule has 3 rings (SSSR count). The van der Waals surface area contributed by atoms with Crippen LogP contribution < -0.4 is 16.0 Å². The minimum atomic E-state index is -0.510. The van der Waals surface area contributed by atoms with E-state index >= 15 is 0 Å². The maximum atomic E-state index is 12.0. The number of H-pyrrole nitrogens is 2. The van der Waals surface area contributed by atoms with Gasteiger partial charge in [0.2, 0.25) is 11.6 Å². The molecule has 2 aromatic rings. The minimum Gasteiger partial charge on any atom is -0.433 e. The highest BCUT2D eigenvalue weighted by Gasteiger charge is 2.32. The van der Waals surface area contributed by atoms with E-state index in [0.29, 0.717) is 5.69 Å². The molecule has 4 N–H and O–H groups in total. The fraction of sp³-hybridized carbons (Fsp3) is 0.0714. The summed E-state index contributed by atoms with van der Waals surface area (Å²) < 4.78 is 5.45. The van der Waals surface area contributed by atoms with E-state index in [0.717, 1.165) is 5.56 Å². The molecule has 0 unspecified atom stereocenters. The van der Waals surface area contributed by atoms with Crippen molar-refractivity contribution in [2.24, 2.45) is 5.73 Å². The molecule has 0 fully saturated rings. The van der Waals surface area contributed by atoms with Crippen LogP contribution in [-0.4, -0.2) is 9.97 Å². The molecule has 1 aromatic carbocycles. The Hall–Kier alpha value is -2.85. The predicted octanol–water partition coefficient (Wildman–Crippen LogP) is 1.65. The molecule has 1 aromatic heterocycles. The molecule has 104 valence electrons. The van der Waals surface area contributed by atoms with Crippen molar-refractivity contribution in [1.29, 1.82) is 5.26 Å². The van der Waals surface area contributed by atoms with Gasteiger partial charge in [0.05, 0.1) is 11.6 Å². The first-order valence-electron chi connectivity index (χ1n) is 6.11. The quantitative estimate of drug-likeness (QED) is 0.694. The Morgan fingerprint density at radius 2 is 2.00 bits per heavy atom. The molecule has 0 spiro atoms. The fourth-order valence-electron chi connectivity index (χ4n) is 2.35. The van der Waals surface area contributed by atoms with Gasteiger partial charge in [0.25, 0.3) is 5.56 Å². The first-order chi connectivity index (χ1) is 10.1. The van der Waals surface area contributed by atoms with E-state index in [4.69, 9.17) is 22.7 Å². The number of nitrogens with zero attached hydrogens (tertiary/aromatic N) is 1. The maximum Gasteiger partial charge on any atom is 0.295 e. The summed E-state index contributed by atoms with van der Waals surface area (Å²) in [5.41, 5.74) is 6.79.